The van der Waals surface area contributed by atoms with E-state index in [1.165, 1.54) is 0 Å². The number of morpholine rings is 1. The van der Waals surface area contributed by atoms with Gasteiger partial charge in [0.2, 0.25) is 0 Å². The number of rotatable bonds is 1. The standard InChI is InChI=1S/C9H17NO2/c1-11-7-2-3-9-8(6-7)10-4-5-12-9/h7-10H,2-6H2,1H3/t7-,8+,9+/m1/s1. The van der Waals surface area contributed by atoms with Gasteiger partial charge >= 0.3 is 0 Å². The summed E-state index contributed by atoms with van der Waals surface area (Å²) in [4.78, 5) is 0. The van der Waals surface area contributed by atoms with Crippen molar-refractivity contribution in [1.29, 1.82) is 0 Å². The molecule has 1 N–H and O–H groups in total. The maximum Gasteiger partial charge on any atom is 0.0730 e. The topological polar surface area (TPSA) is 30.5 Å². The van der Waals surface area contributed by atoms with E-state index in [1.54, 1.807) is 7.11 Å². The molecule has 1 heterocycles. The van der Waals surface area contributed by atoms with Gasteiger partial charge in [-0.25, -0.2) is 0 Å². The minimum atomic E-state index is 0.445. The molecule has 1 saturated heterocycles. The normalized spacial score (nSPS) is 42.2. The first-order valence-corrected chi connectivity index (χ1v) is 4.78. The fraction of sp³-hybridized carbons (Fsp3) is 1.00. The highest BCUT2D eigenvalue weighted by Gasteiger charge is 2.32. The summed E-state index contributed by atoms with van der Waals surface area (Å²) < 4.78 is 11.0. The summed E-state index contributed by atoms with van der Waals surface area (Å²) in [6, 6.07) is 0.539. The van der Waals surface area contributed by atoms with E-state index in [2.05, 4.69) is 5.32 Å². The highest BCUT2D eigenvalue weighted by Crippen LogP contribution is 2.25. The van der Waals surface area contributed by atoms with Crippen LogP contribution in [0.15, 0.2) is 0 Å². The number of nitrogens with one attached hydrogen (secondary N) is 1. The second-order valence-electron chi connectivity index (χ2n) is 3.64. The van der Waals surface area contributed by atoms with Crippen molar-refractivity contribution < 1.29 is 9.47 Å². The molecule has 2 rings (SSSR count). The van der Waals surface area contributed by atoms with Crippen LogP contribution in [0.3, 0.4) is 0 Å². The van der Waals surface area contributed by atoms with Crippen molar-refractivity contribution in [3.63, 3.8) is 0 Å². The Bertz CT molecular complexity index is 151. The zero-order chi connectivity index (χ0) is 8.39. The average Bonchev–Trinajstić information content (AvgIpc) is 2.17. The molecule has 0 aromatic rings. The van der Waals surface area contributed by atoms with Crippen molar-refractivity contribution in [3.8, 4) is 0 Å². The molecule has 0 aromatic heterocycles. The van der Waals surface area contributed by atoms with Crippen LogP contribution in [0.4, 0.5) is 0 Å². The molecule has 70 valence electrons. The quantitative estimate of drug-likeness (QED) is 0.624. The maximum absolute atomic E-state index is 5.66. The van der Waals surface area contributed by atoms with Gasteiger partial charge < -0.3 is 14.8 Å². The Morgan fingerprint density at radius 1 is 1.42 bits per heavy atom. The Balaban J connectivity index is 1.90. The van der Waals surface area contributed by atoms with E-state index in [4.69, 9.17) is 9.47 Å². The lowest BCUT2D eigenvalue weighted by atomic mass is 9.89. The molecule has 1 aliphatic carbocycles. The summed E-state index contributed by atoms with van der Waals surface area (Å²) in [7, 11) is 1.80. The van der Waals surface area contributed by atoms with Crippen molar-refractivity contribution in [2.24, 2.45) is 0 Å². The number of fused-ring (bicyclic) bond motifs is 1. The summed E-state index contributed by atoms with van der Waals surface area (Å²) in [6.07, 6.45) is 4.31. The van der Waals surface area contributed by atoms with Crippen LogP contribution in [-0.4, -0.2) is 38.5 Å². The predicted molar refractivity (Wildman–Crippen MR) is 46.2 cm³/mol. The average molecular weight is 171 g/mol. The zero-order valence-corrected chi connectivity index (χ0v) is 7.58. The number of ether oxygens (including phenoxy) is 2. The zero-order valence-electron chi connectivity index (χ0n) is 7.58. The lowest BCUT2D eigenvalue weighted by molar-refractivity contribution is -0.0593. The fourth-order valence-corrected chi connectivity index (χ4v) is 2.19. The predicted octanol–water partition coefficient (Wildman–Crippen LogP) is 0.542. The van der Waals surface area contributed by atoms with Gasteiger partial charge in [0, 0.05) is 19.7 Å². The molecule has 0 amide bonds. The molecule has 2 aliphatic rings. The monoisotopic (exact) mass is 171 g/mol. The summed E-state index contributed by atoms with van der Waals surface area (Å²) in [5.74, 6) is 0. The van der Waals surface area contributed by atoms with Gasteiger partial charge in [-0.1, -0.05) is 0 Å². The largest absolute Gasteiger partial charge is 0.381 e. The Morgan fingerprint density at radius 3 is 3.17 bits per heavy atom. The van der Waals surface area contributed by atoms with Crippen LogP contribution in [0, 0.1) is 0 Å². The molecule has 1 saturated carbocycles. The summed E-state index contributed by atoms with van der Waals surface area (Å²) in [5.41, 5.74) is 0. The third-order valence-electron chi connectivity index (χ3n) is 2.91. The van der Waals surface area contributed by atoms with Gasteiger partial charge in [-0.2, -0.15) is 0 Å². The van der Waals surface area contributed by atoms with Gasteiger partial charge in [-0.15, -0.1) is 0 Å². The minimum absolute atomic E-state index is 0.445. The highest BCUT2D eigenvalue weighted by atomic mass is 16.5. The Kier molecular flexibility index (Phi) is 2.63. The second-order valence-corrected chi connectivity index (χ2v) is 3.64. The van der Waals surface area contributed by atoms with E-state index in [9.17, 15) is 0 Å². The first-order valence-electron chi connectivity index (χ1n) is 4.78. The fourth-order valence-electron chi connectivity index (χ4n) is 2.19. The van der Waals surface area contributed by atoms with Gasteiger partial charge in [-0.05, 0) is 19.3 Å². The molecule has 0 spiro atoms. The molecule has 2 fully saturated rings. The SMILES string of the molecule is CO[C@@H]1CC[C@@H]2OCCN[C@H]2C1. The van der Waals surface area contributed by atoms with Crippen LogP contribution in [-0.2, 0) is 9.47 Å². The number of hydrogen-bond acceptors (Lipinski definition) is 3. The second kappa shape index (κ2) is 3.73. The van der Waals surface area contributed by atoms with Crippen molar-refractivity contribution in [2.75, 3.05) is 20.3 Å². The van der Waals surface area contributed by atoms with E-state index in [1.807, 2.05) is 0 Å². The van der Waals surface area contributed by atoms with Gasteiger partial charge in [0.1, 0.15) is 0 Å². The van der Waals surface area contributed by atoms with E-state index in [0.29, 0.717) is 18.2 Å². The molecule has 0 unspecified atom stereocenters. The van der Waals surface area contributed by atoms with E-state index in [0.717, 1.165) is 32.4 Å². The molecule has 1 aliphatic heterocycles. The summed E-state index contributed by atoms with van der Waals surface area (Å²) in [5, 5.41) is 3.48. The molecule has 0 radical (unpaired) electrons. The minimum Gasteiger partial charge on any atom is -0.381 e. The van der Waals surface area contributed by atoms with Crippen LogP contribution in [0.5, 0.6) is 0 Å². The van der Waals surface area contributed by atoms with Crippen molar-refractivity contribution in [2.45, 2.75) is 37.5 Å². The van der Waals surface area contributed by atoms with Crippen molar-refractivity contribution in [1.82, 2.24) is 5.32 Å². The van der Waals surface area contributed by atoms with E-state index >= 15 is 0 Å². The summed E-state index contributed by atoms with van der Waals surface area (Å²) in [6.45, 7) is 1.87. The van der Waals surface area contributed by atoms with Gasteiger partial charge in [-0.3, -0.25) is 0 Å². The van der Waals surface area contributed by atoms with Crippen molar-refractivity contribution in [3.05, 3.63) is 0 Å². The number of methoxy groups -OCH3 is 1. The first kappa shape index (κ1) is 8.48. The smallest absolute Gasteiger partial charge is 0.0730 e. The van der Waals surface area contributed by atoms with Crippen molar-refractivity contribution >= 4 is 0 Å². The molecule has 3 heteroatoms. The first-order chi connectivity index (χ1) is 5.90. The highest BCUT2D eigenvalue weighted by molar-refractivity contribution is 4.88. The number of hydrogen-bond donors (Lipinski definition) is 1. The maximum atomic E-state index is 5.66. The van der Waals surface area contributed by atoms with Gasteiger partial charge in [0.15, 0.2) is 0 Å². The molecule has 0 aromatic carbocycles. The van der Waals surface area contributed by atoms with Crippen LogP contribution < -0.4 is 5.32 Å². The van der Waals surface area contributed by atoms with E-state index in [-0.39, 0.29) is 0 Å². The van der Waals surface area contributed by atoms with Crippen LogP contribution in [0.2, 0.25) is 0 Å². The lowest BCUT2D eigenvalue weighted by Crippen LogP contribution is -2.52. The van der Waals surface area contributed by atoms with E-state index < -0.39 is 0 Å². The van der Waals surface area contributed by atoms with Crippen LogP contribution in [0.25, 0.3) is 0 Å². The third kappa shape index (κ3) is 1.63. The van der Waals surface area contributed by atoms with Crippen LogP contribution in [0.1, 0.15) is 19.3 Å². The molecular formula is C9H17NO2. The Morgan fingerprint density at radius 2 is 2.33 bits per heavy atom. The third-order valence-corrected chi connectivity index (χ3v) is 2.91. The Labute approximate surface area is 73.4 Å². The van der Waals surface area contributed by atoms with Gasteiger partial charge in [0.05, 0.1) is 18.8 Å². The van der Waals surface area contributed by atoms with Gasteiger partial charge in [0.25, 0.3) is 0 Å². The molecule has 3 nitrogen and oxygen atoms in total. The Hall–Kier alpha value is -0.120. The van der Waals surface area contributed by atoms with Crippen LogP contribution >= 0.6 is 0 Å². The summed E-state index contributed by atoms with van der Waals surface area (Å²) >= 11 is 0. The lowest BCUT2D eigenvalue weighted by Gasteiger charge is -2.39. The molecule has 12 heavy (non-hydrogen) atoms. The molecular weight excluding hydrogens is 154 g/mol. The molecule has 0 bridgehead atoms. The molecule has 3 atom stereocenters.